The van der Waals surface area contributed by atoms with Crippen LogP contribution in [-0.4, -0.2) is 55.8 Å². The highest BCUT2D eigenvalue weighted by Gasteiger charge is 2.36. The van der Waals surface area contributed by atoms with Crippen LogP contribution in [0.1, 0.15) is 66.7 Å². The molecule has 2 fully saturated rings. The van der Waals surface area contributed by atoms with E-state index in [1.807, 2.05) is 4.57 Å². The van der Waals surface area contributed by atoms with Crippen LogP contribution in [0.4, 0.5) is 0 Å². The number of methoxy groups -OCH3 is 1. The SMILES string of the molecule is CCOC(=O)c1c(CS(=O)(=O)c2ccc(OC)cc2)n(C2CC2)c2cc(Br)c(O)c(CN3CCCCC3)c12. The van der Waals surface area contributed by atoms with Gasteiger partial charge in [-0.15, -0.1) is 0 Å². The molecule has 1 aliphatic heterocycles. The van der Waals surface area contributed by atoms with E-state index in [-0.39, 0.29) is 34.6 Å². The first-order chi connectivity index (χ1) is 18.2. The molecule has 2 heterocycles. The number of nitrogens with zero attached hydrogens (tertiary/aromatic N) is 2. The summed E-state index contributed by atoms with van der Waals surface area (Å²) in [7, 11) is -2.29. The first kappa shape index (κ1) is 27.0. The van der Waals surface area contributed by atoms with Crippen molar-refractivity contribution in [1.29, 1.82) is 0 Å². The number of carbonyl (C=O) groups is 1. The third-order valence-electron chi connectivity index (χ3n) is 7.39. The lowest BCUT2D eigenvalue weighted by atomic mass is 10.0. The molecular weight excluding hydrogens is 572 g/mol. The number of sulfone groups is 1. The molecule has 0 radical (unpaired) electrons. The summed E-state index contributed by atoms with van der Waals surface area (Å²) in [6.07, 6.45) is 5.12. The number of benzene rings is 2. The van der Waals surface area contributed by atoms with Crippen molar-refractivity contribution in [2.75, 3.05) is 26.8 Å². The number of aromatic nitrogens is 1. The maximum absolute atomic E-state index is 13.7. The molecule has 1 saturated heterocycles. The molecule has 8 nitrogen and oxygen atoms in total. The van der Waals surface area contributed by atoms with Gasteiger partial charge in [-0.3, -0.25) is 4.90 Å². The fourth-order valence-corrected chi connectivity index (χ4v) is 7.23. The van der Waals surface area contributed by atoms with Gasteiger partial charge in [0.15, 0.2) is 9.84 Å². The number of halogens is 1. The number of hydrogen-bond acceptors (Lipinski definition) is 7. The fourth-order valence-electron chi connectivity index (χ4n) is 5.41. The van der Waals surface area contributed by atoms with Gasteiger partial charge in [0.25, 0.3) is 0 Å². The van der Waals surface area contributed by atoms with Gasteiger partial charge in [-0.1, -0.05) is 6.42 Å². The maximum atomic E-state index is 13.7. The van der Waals surface area contributed by atoms with Crippen molar-refractivity contribution in [3.8, 4) is 11.5 Å². The van der Waals surface area contributed by atoms with Crippen LogP contribution >= 0.6 is 15.9 Å². The summed E-state index contributed by atoms with van der Waals surface area (Å²) < 4.78 is 40.5. The van der Waals surface area contributed by atoms with Crippen LogP contribution in [0.15, 0.2) is 39.7 Å². The Morgan fingerprint density at radius 1 is 1.13 bits per heavy atom. The van der Waals surface area contributed by atoms with Crippen molar-refractivity contribution < 1.29 is 27.8 Å². The molecule has 1 saturated carbocycles. The van der Waals surface area contributed by atoms with Gasteiger partial charge in [0, 0.05) is 29.2 Å². The summed E-state index contributed by atoms with van der Waals surface area (Å²) >= 11 is 3.52. The first-order valence-corrected chi connectivity index (χ1v) is 15.5. The molecule has 204 valence electrons. The molecule has 0 unspecified atom stereocenters. The van der Waals surface area contributed by atoms with Gasteiger partial charge >= 0.3 is 5.97 Å². The zero-order chi connectivity index (χ0) is 27.0. The molecule has 2 aromatic carbocycles. The summed E-state index contributed by atoms with van der Waals surface area (Å²) in [5.74, 6) is -0.296. The number of aromatic hydroxyl groups is 1. The lowest BCUT2D eigenvalue weighted by Crippen LogP contribution is -2.29. The number of carbonyl (C=O) groups excluding carboxylic acids is 1. The second kappa shape index (κ2) is 10.9. The van der Waals surface area contributed by atoms with Crippen molar-refractivity contribution >= 4 is 42.6 Å². The third kappa shape index (κ3) is 5.18. The van der Waals surface area contributed by atoms with Gasteiger partial charge in [-0.25, -0.2) is 13.2 Å². The first-order valence-electron chi connectivity index (χ1n) is 13.1. The number of phenolic OH excluding ortho intramolecular Hbond substituents is 1. The number of hydrogen-bond donors (Lipinski definition) is 1. The number of piperidine rings is 1. The van der Waals surface area contributed by atoms with Crippen molar-refractivity contribution in [3.63, 3.8) is 0 Å². The van der Waals surface area contributed by atoms with Gasteiger partial charge in [0.1, 0.15) is 11.5 Å². The molecule has 0 atom stereocenters. The van der Waals surface area contributed by atoms with E-state index >= 15 is 0 Å². The van der Waals surface area contributed by atoms with Crippen molar-refractivity contribution in [3.05, 3.63) is 51.6 Å². The standard InChI is InChI=1S/C28H33BrN2O6S/c1-3-37-28(33)26-24(17-38(34,35)20-11-9-19(36-2)10-12-20)31(18-7-8-18)23-15-22(29)27(32)21(25(23)26)16-30-13-5-4-6-14-30/h9-12,15,18,32H,3-8,13-14,16-17H2,1-2H3. The Balaban J connectivity index is 1.72. The zero-order valence-electron chi connectivity index (χ0n) is 21.7. The van der Waals surface area contributed by atoms with E-state index in [1.165, 1.54) is 25.7 Å². The Kier molecular flexibility index (Phi) is 7.75. The van der Waals surface area contributed by atoms with Crippen LogP contribution in [0, 0.1) is 0 Å². The van der Waals surface area contributed by atoms with Crippen LogP contribution < -0.4 is 4.74 Å². The van der Waals surface area contributed by atoms with E-state index in [1.54, 1.807) is 25.1 Å². The molecule has 1 aliphatic carbocycles. The molecule has 0 amide bonds. The predicted molar refractivity (Wildman–Crippen MR) is 149 cm³/mol. The molecular formula is C28H33BrN2O6S. The smallest absolute Gasteiger partial charge is 0.340 e. The molecule has 3 aromatic rings. The minimum absolute atomic E-state index is 0.0751. The zero-order valence-corrected chi connectivity index (χ0v) is 24.1. The number of rotatable bonds is 9. The largest absolute Gasteiger partial charge is 0.506 e. The monoisotopic (exact) mass is 604 g/mol. The van der Waals surface area contributed by atoms with E-state index in [0.29, 0.717) is 33.4 Å². The van der Waals surface area contributed by atoms with E-state index < -0.39 is 15.8 Å². The quantitative estimate of drug-likeness (QED) is 0.318. The molecule has 5 rings (SSSR count). The highest BCUT2D eigenvalue weighted by molar-refractivity contribution is 9.10. The molecule has 2 aliphatic rings. The summed E-state index contributed by atoms with van der Waals surface area (Å²) in [4.78, 5) is 16.0. The summed E-state index contributed by atoms with van der Waals surface area (Å²) in [5.41, 5.74) is 2.02. The highest BCUT2D eigenvalue weighted by Crippen LogP contribution is 2.47. The Bertz CT molecular complexity index is 1460. The summed E-state index contributed by atoms with van der Waals surface area (Å²) in [6, 6.07) is 8.15. The Hall–Kier alpha value is -2.56. The fraction of sp³-hybridized carbons (Fsp3) is 0.464. The van der Waals surface area contributed by atoms with E-state index in [9.17, 15) is 18.3 Å². The molecule has 10 heteroatoms. The normalized spacial score (nSPS) is 16.6. The lowest BCUT2D eigenvalue weighted by Gasteiger charge is -2.27. The third-order valence-corrected chi connectivity index (χ3v) is 9.64. The van der Waals surface area contributed by atoms with Gasteiger partial charge in [0.05, 0.1) is 39.9 Å². The second-order valence-electron chi connectivity index (χ2n) is 9.99. The predicted octanol–water partition coefficient (Wildman–Crippen LogP) is 5.59. The molecule has 0 spiro atoms. The van der Waals surface area contributed by atoms with E-state index in [2.05, 4.69) is 20.8 Å². The van der Waals surface area contributed by atoms with Crippen LogP contribution in [0.2, 0.25) is 0 Å². The van der Waals surface area contributed by atoms with Crippen molar-refractivity contribution in [2.45, 2.75) is 62.3 Å². The molecule has 1 aromatic heterocycles. The van der Waals surface area contributed by atoms with Gasteiger partial charge in [-0.05, 0) is 92.0 Å². The average Bonchev–Trinajstić information content (AvgIpc) is 3.70. The summed E-state index contributed by atoms with van der Waals surface area (Å²) in [6.45, 7) is 4.17. The molecule has 1 N–H and O–H groups in total. The van der Waals surface area contributed by atoms with Crippen molar-refractivity contribution in [1.82, 2.24) is 9.47 Å². The van der Waals surface area contributed by atoms with Crippen LogP contribution in [0.25, 0.3) is 10.9 Å². The van der Waals surface area contributed by atoms with Crippen LogP contribution in [0.5, 0.6) is 11.5 Å². The topological polar surface area (TPSA) is 98.1 Å². The lowest BCUT2D eigenvalue weighted by molar-refractivity contribution is 0.0527. The minimum Gasteiger partial charge on any atom is -0.506 e. The Labute approximate surface area is 231 Å². The van der Waals surface area contributed by atoms with E-state index in [4.69, 9.17) is 9.47 Å². The van der Waals surface area contributed by atoms with Crippen LogP contribution in [-0.2, 0) is 26.9 Å². The summed E-state index contributed by atoms with van der Waals surface area (Å²) in [5, 5.41) is 11.8. The van der Waals surface area contributed by atoms with Crippen LogP contribution in [0.3, 0.4) is 0 Å². The second-order valence-corrected chi connectivity index (χ2v) is 12.8. The average molecular weight is 606 g/mol. The van der Waals surface area contributed by atoms with Gasteiger partial charge in [0.2, 0.25) is 0 Å². The highest BCUT2D eigenvalue weighted by atomic mass is 79.9. The van der Waals surface area contributed by atoms with E-state index in [0.717, 1.165) is 44.3 Å². The number of phenols is 1. The number of likely N-dealkylation sites (tertiary alicyclic amines) is 1. The number of ether oxygens (including phenoxy) is 2. The Morgan fingerprint density at radius 2 is 1.82 bits per heavy atom. The molecule has 0 bridgehead atoms. The number of fused-ring (bicyclic) bond motifs is 1. The maximum Gasteiger partial charge on any atom is 0.340 e. The Morgan fingerprint density at radius 3 is 2.42 bits per heavy atom. The van der Waals surface area contributed by atoms with Crippen molar-refractivity contribution in [2.24, 2.45) is 0 Å². The number of esters is 1. The van der Waals surface area contributed by atoms with Gasteiger partial charge < -0.3 is 19.1 Å². The van der Waals surface area contributed by atoms with Gasteiger partial charge in [-0.2, -0.15) is 0 Å². The minimum atomic E-state index is -3.81. The molecule has 38 heavy (non-hydrogen) atoms.